The van der Waals surface area contributed by atoms with Gasteiger partial charge in [-0.2, -0.15) is 9.61 Å². The van der Waals surface area contributed by atoms with Crippen molar-refractivity contribution in [2.45, 2.75) is 25.2 Å². The first-order valence-electron chi connectivity index (χ1n) is 6.85. The lowest BCUT2D eigenvalue weighted by Crippen LogP contribution is -2.12. The van der Waals surface area contributed by atoms with E-state index >= 15 is 0 Å². The second-order valence-electron chi connectivity index (χ2n) is 5.11. The summed E-state index contributed by atoms with van der Waals surface area (Å²) in [5.41, 5.74) is 2.23. The first kappa shape index (κ1) is 11.8. The lowest BCUT2D eigenvalue weighted by atomic mass is 9.85. The first-order valence-corrected chi connectivity index (χ1v) is 7.67. The van der Waals surface area contributed by atoms with E-state index in [1.165, 1.54) is 19.3 Å². The molecule has 1 aliphatic rings. The van der Waals surface area contributed by atoms with Crippen molar-refractivity contribution >= 4 is 22.0 Å². The summed E-state index contributed by atoms with van der Waals surface area (Å²) in [7, 11) is 1.92. The van der Waals surface area contributed by atoms with Crippen LogP contribution in [0.5, 0.6) is 0 Å². The largest absolute Gasteiger partial charge is 0.388 e. The highest BCUT2D eigenvalue weighted by molar-refractivity contribution is 7.19. The zero-order valence-electron chi connectivity index (χ0n) is 11.2. The molecule has 1 N–H and O–H groups in total. The Morgan fingerprint density at radius 2 is 2.00 bits per heavy atom. The molecule has 0 atom stereocenters. The highest BCUT2D eigenvalue weighted by atomic mass is 32.1. The Labute approximate surface area is 120 Å². The number of benzene rings is 1. The Balaban J connectivity index is 1.74. The van der Waals surface area contributed by atoms with Crippen molar-refractivity contribution < 1.29 is 0 Å². The molecule has 0 bridgehead atoms. The number of nitrogens with zero attached hydrogens (tertiary/aromatic N) is 4. The normalized spacial score (nSPS) is 15.4. The summed E-state index contributed by atoms with van der Waals surface area (Å²) in [6.07, 6.45) is 3.72. The number of hydrogen-bond donors (Lipinski definition) is 1. The molecule has 0 unspecified atom stereocenters. The number of fused-ring (bicyclic) bond motifs is 1. The highest BCUT2D eigenvalue weighted by Crippen LogP contribution is 2.36. The third-order valence-electron chi connectivity index (χ3n) is 3.91. The van der Waals surface area contributed by atoms with Gasteiger partial charge in [0.1, 0.15) is 5.01 Å². The SMILES string of the molecule is CNc1ccc(-c2nn3c(C4CCC4)nnc3s2)cc1. The highest BCUT2D eigenvalue weighted by Gasteiger charge is 2.26. The molecule has 20 heavy (non-hydrogen) atoms. The maximum absolute atomic E-state index is 4.69. The number of aromatic nitrogens is 4. The number of anilines is 1. The molecular weight excluding hydrogens is 270 g/mol. The molecule has 1 aromatic carbocycles. The molecule has 0 spiro atoms. The van der Waals surface area contributed by atoms with E-state index in [0.29, 0.717) is 5.92 Å². The van der Waals surface area contributed by atoms with Gasteiger partial charge >= 0.3 is 0 Å². The van der Waals surface area contributed by atoms with Gasteiger partial charge in [0.25, 0.3) is 0 Å². The van der Waals surface area contributed by atoms with E-state index in [1.54, 1.807) is 11.3 Å². The predicted molar refractivity (Wildman–Crippen MR) is 80.2 cm³/mol. The van der Waals surface area contributed by atoms with Crippen LogP contribution in [0, 0.1) is 0 Å². The number of hydrogen-bond acceptors (Lipinski definition) is 5. The van der Waals surface area contributed by atoms with Gasteiger partial charge in [0, 0.05) is 24.2 Å². The van der Waals surface area contributed by atoms with Crippen LogP contribution in [0.2, 0.25) is 0 Å². The molecule has 4 rings (SSSR count). The van der Waals surface area contributed by atoms with Gasteiger partial charge in [0.05, 0.1) is 0 Å². The second-order valence-corrected chi connectivity index (χ2v) is 6.07. The van der Waals surface area contributed by atoms with Crippen molar-refractivity contribution in [2.75, 3.05) is 12.4 Å². The maximum atomic E-state index is 4.69. The molecule has 1 aliphatic carbocycles. The molecule has 0 saturated heterocycles. The van der Waals surface area contributed by atoms with Crippen LogP contribution in [-0.4, -0.2) is 26.9 Å². The quantitative estimate of drug-likeness (QED) is 0.803. The fourth-order valence-corrected chi connectivity index (χ4v) is 3.30. The summed E-state index contributed by atoms with van der Waals surface area (Å²) < 4.78 is 1.93. The summed E-state index contributed by atoms with van der Waals surface area (Å²) >= 11 is 1.59. The molecule has 6 heteroatoms. The Morgan fingerprint density at radius 1 is 1.20 bits per heavy atom. The smallest absolute Gasteiger partial charge is 0.234 e. The van der Waals surface area contributed by atoms with Crippen LogP contribution in [0.4, 0.5) is 5.69 Å². The van der Waals surface area contributed by atoms with Gasteiger partial charge < -0.3 is 5.32 Å². The van der Waals surface area contributed by atoms with Crippen molar-refractivity contribution in [3.63, 3.8) is 0 Å². The van der Waals surface area contributed by atoms with E-state index in [9.17, 15) is 0 Å². The van der Waals surface area contributed by atoms with E-state index in [-0.39, 0.29) is 0 Å². The molecular formula is C14H15N5S. The molecule has 0 amide bonds. The third kappa shape index (κ3) is 1.79. The van der Waals surface area contributed by atoms with Crippen molar-refractivity contribution in [3.05, 3.63) is 30.1 Å². The average molecular weight is 285 g/mol. The summed E-state index contributed by atoms with van der Waals surface area (Å²) in [6.45, 7) is 0. The van der Waals surface area contributed by atoms with Crippen LogP contribution in [-0.2, 0) is 0 Å². The summed E-state index contributed by atoms with van der Waals surface area (Å²) in [5.74, 6) is 1.58. The van der Waals surface area contributed by atoms with Crippen LogP contribution >= 0.6 is 11.3 Å². The minimum absolute atomic E-state index is 0.548. The van der Waals surface area contributed by atoms with Crippen LogP contribution in [0.1, 0.15) is 31.0 Å². The Kier molecular flexibility index (Phi) is 2.70. The Hall–Kier alpha value is -1.95. The first-order chi connectivity index (χ1) is 9.85. The molecule has 2 aromatic heterocycles. The summed E-state index contributed by atoms with van der Waals surface area (Å²) in [4.78, 5) is 0.889. The van der Waals surface area contributed by atoms with Gasteiger partial charge in [-0.25, -0.2) is 0 Å². The van der Waals surface area contributed by atoms with Crippen LogP contribution in [0.25, 0.3) is 15.5 Å². The van der Waals surface area contributed by atoms with Gasteiger partial charge in [-0.05, 0) is 37.1 Å². The van der Waals surface area contributed by atoms with E-state index in [2.05, 4.69) is 39.8 Å². The topological polar surface area (TPSA) is 55.1 Å². The minimum atomic E-state index is 0.548. The number of rotatable bonds is 3. The number of nitrogens with one attached hydrogen (secondary N) is 1. The van der Waals surface area contributed by atoms with Crippen molar-refractivity contribution in [1.82, 2.24) is 19.8 Å². The van der Waals surface area contributed by atoms with E-state index < -0.39 is 0 Å². The molecule has 0 aliphatic heterocycles. The fraction of sp³-hybridized carbons (Fsp3) is 0.357. The molecule has 0 radical (unpaired) electrons. The zero-order chi connectivity index (χ0) is 13.5. The lowest BCUT2D eigenvalue weighted by Gasteiger charge is -2.22. The van der Waals surface area contributed by atoms with Crippen LogP contribution < -0.4 is 5.32 Å². The molecule has 1 saturated carbocycles. The van der Waals surface area contributed by atoms with E-state index in [4.69, 9.17) is 5.10 Å². The minimum Gasteiger partial charge on any atom is -0.388 e. The standard InChI is InChI=1S/C14H15N5S/c1-15-11-7-5-10(6-8-11)13-18-19-12(9-3-2-4-9)16-17-14(19)20-13/h5-9,15H,2-4H2,1H3. The molecule has 3 aromatic rings. The summed E-state index contributed by atoms with van der Waals surface area (Å²) in [6, 6.07) is 8.29. The Morgan fingerprint density at radius 3 is 2.65 bits per heavy atom. The van der Waals surface area contributed by atoms with Gasteiger partial charge in [-0.1, -0.05) is 17.8 Å². The van der Waals surface area contributed by atoms with Crippen LogP contribution in [0.15, 0.2) is 24.3 Å². The van der Waals surface area contributed by atoms with Gasteiger partial charge in [0.15, 0.2) is 5.82 Å². The van der Waals surface area contributed by atoms with Gasteiger partial charge in [-0.3, -0.25) is 0 Å². The van der Waals surface area contributed by atoms with Gasteiger partial charge in [-0.15, -0.1) is 10.2 Å². The molecule has 2 heterocycles. The fourth-order valence-electron chi connectivity index (χ4n) is 2.45. The third-order valence-corrected chi connectivity index (χ3v) is 4.85. The van der Waals surface area contributed by atoms with E-state index in [1.807, 2.05) is 11.6 Å². The molecule has 102 valence electrons. The maximum Gasteiger partial charge on any atom is 0.234 e. The Bertz CT molecular complexity index is 739. The predicted octanol–water partition coefficient (Wildman–Crippen LogP) is 3.16. The van der Waals surface area contributed by atoms with Crippen molar-refractivity contribution in [3.8, 4) is 10.6 Å². The zero-order valence-corrected chi connectivity index (χ0v) is 12.0. The lowest BCUT2D eigenvalue weighted by molar-refractivity contribution is 0.395. The summed E-state index contributed by atoms with van der Waals surface area (Å²) in [5, 5.41) is 17.4. The van der Waals surface area contributed by atoms with E-state index in [0.717, 1.165) is 27.0 Å². The monoisotopic (exact) mass is 285 g/mol. The van der Waals surface area contributed by atoms with Crippen molar-refractivity contribution in [2.24, 2.45) is 0 Å². The molecule has 5 nitrogen and oxygen atoms in total. The molecule has 1 fully saturated rings. The second kappa shape index (κ2) is 4.56. The van der Waals surface area contributed by atoms with Crippen molar-refractivity contribution in [1.29, 1.82) is 0 Å². The average Bonchev–Trinajstić information content (AvgIpc) is 2.99. The van der Waals surface area contributed by atoms with Gasteiger partial charge in [0.2, 0.25) is 4.96 Å². The van der Waals surface area contributed by atoms with Crippen LogP contribution in [0.3, 0.4) is 0 Å².